The van der Waals surface area contributed by atoms with Gasteiger partial charge in [0.2, 0.25) is 11.8 Å². The first-order valence-corrected chi connectivity index (χ1v) is 8.75. The first-order valence-electron chi connectivity index (χ1n) is 8.37. The van der Waals surface area contributed by atoms with Crippen LogP contribution >= 0.6 is 24.0 Å². The van der Waals surface area contributed by atoms with Gasteiger partial charge in [0.1, 0.15) is 12.4 Å². The molecule has 8 heteroatoms. The fraction of sp³-hybridized carbons (Fsp3) is 0.263. The minimum Gasteiger partial charge on any atom is -0.492 e. The van der Waals surface area contributed by atoms with Crippen molar-refractivity contribution in [2.45, 2.75) is 6.42 Å². The summed E-state index contributed by atoms with van der Waals surface area (Å²) in [6.07, 6.45) is 0.161. The van der Waals surface area contributed by atoms with Crippen LogP contribution in [0, 0.1) is 5.92 Å². The van der Waals surface area contributed by atoms with E-state index in [1.54, 1.807) is 47.4 Å². The summed E-state index contributed by atoms with van der Waals surface area (Å²) < 4.78 is 5.40. The molecule has 1 saturated heterocycles. The number of rotatable bonds is 6. The van der Waals surface area contributed by atoms with E-state index in [-0.39, 0.29) is 30.6 Å². The monoisotopic (exact) mass is 409 g/mol. The maximum absolute atomic E-state index is 12.5. The van der Waals surface area contributed by atoms with E-state index in [2.05, 4.69) is 5.32 Å². The number of amides is 2. The molecule has 0 bridgehead atoms. The fourth-order valence-electron chi connectivity index (χ4n) is 2.84. The van der Waals surface area contributed by atoms with Crippen molar-refractivity contribution in [1.29, 1.82) is 0 Å². The van der Waals surface area contributed by atoms with Gasteiger partial charge in [0.15, 0.2) is 0 Å². The summed E-state index contributed by atoms with van der Waals surface area (Å²) in [4.78, 5) is 26.4. The number of benzene rings is 2. The number of nitrogens with one attached hydrogen (secondary N) is 1. The molecular weight excluding hydrogens is 389 g/mol. The van der Waals surface area contributed by atoms with E-state index >= 15 is 0 Å². The third-order valence-electron chi connectivity index (χ3n) is 4.15. The molecule has 2 amide bonds. The topological polar surface area (TPSA) is 84.7 Å². The van der Waals surface area contributed by atoms with Gasteiger partial charge in [0, 0.05) is 25.2 Å². The Balaban J connectivity index is 0.00000261. The maximum Gasteiger partial charge on any atom is 0.229 e. The molecule has 1 atom stereocenters. The van der Waals surface area contributed by atoms with Crippen molar-refractivity contribution in [3.8, 4) is 5.75 Å². The van der Waals surface area contributed by atoms with Crippen molar-refractivity contribution >= 4 is 47.2 Å². The molecule has 3 N–H and O–H groups in total. The molecule has 3 rings (SSSR count). The van der Waals surface area contributed by atoms with E-state index in [1.165, 1.54) is 0 Å². The summed E-state index contributed by atoms with van der Waals surface area (Å²) in [6, 6.07) is 14.2. The number of ether oxygens (including phenoxy) is 1. The van der Waals surface area contributed by atoms with Crippen LogP contribution in [0.2, 0.25) is 5.02 Å². The minimum atomic E-state index is -0.424. The quantitative estimate of drug-likeness (QED) is 0.767. The van der Waals surface area contributed by atoms with E-state index in [4.69, 9.17) is 22.1 Å². The standard InChI is InChI=1S/C19H20ClN3O3.ClH/c20-16-3-1-2-4-17(16)23-12-13(11-18(23)24)19(25)22-14-5-7-15(8-6-14)26-10-9-21;/h1-8,13H,9-12,21H2,(H,22,25);1H. The molecule has 6 nitrogen and oxygen atoms in total. The normalized spacial score (nSPS) is 16.0. The molecule has 0 radical (unpaired) electrons. The van der Waals surface area contributed by atoms with Gasteiger partial charge < -0.3 is 20.7 Å². The lowest BCUT2D eigenvalue weighted by molar-refractivity contribution is -0.122. The fourth-order valence-corrected chi connectivity index (χ4v) is 3.08. The Bertz CT molecular complexity index is 799. The van der Waals surface area contributed by atoms with E-state index < -0.39 is 5.92 Å². The van der Waals surface area contributed by atoms with E-state index in [0.717, 1.165) is 0 Å². The Morgan fingerprint density at radius 2 is 1.93 bits per heavy atom. The summed E-state index contributed by atoms with van der Waals surface area (Å²) in [6.45, 7) is 1.19. The van der Waals surface area contributed by atoms with E-state index in [9.17, 15) is 9.59 Å². The smallest absolute Gasteiger partial charge is 0.229 e. The van der Waals surface area contributed by atoms with Gasteiger partial charge in [-0.2, -0.15) is 0 Å². The number of hydrogen-bond donors (Lipinski definition) is 2. The van der Waals surface area contributed by atoms with Crippen LogP contribution in [0.4, 0.5) is 11.4 Å². The van der Waals surface area contributed by atoms with Gasteiger partial charge in [-0.25, -0.2) is 0 Å². The number of nitrogens with zero attached hydrogens (tertiary/aromatic N) is 1. The summed E-state index contributed by atoms with van der Waals surface area (Å²) in [5.74, 6) is -0.0337. The zero-order valence-corrected chi connectivity index (χ0v) is 16.1. The molecule has 1 heterocycles. The average molecular weight is 410 g/mol. The number of hydrogen-bond acceptors (Lipinski definition) is 4. The number of carbonyl (C=O) groups is 2. The Kier molecular flexibility index (Phi) is 7.47. The average Bonchev–Trinajstić information content (AvgIpc) is 3.03. The molecule has 0 aliphatic carbocycles. The molecule has 0 spiro atoms. The summed E-state index contributed by atoms with van der Waals surface area (Å²) in [5, 5.41) is 3.34. The van der Waals surface area contributed by atoms with Crippen molar-refractivity contribution in [3.63, 3.8) is 0 Å². The highest BCUT2D eigenvalue weighted by Crippen LogP contribution is 2.31. The second-order valence-corrected chi connectivity index (χ2v) is 6.41. The van der Waals surface area contributed by atoms with E-state index in [1.807, 2.05) is 6.07 Å². The molecule has 1 aliphatic rings. The number of anilines is 2. The van der Waals surface area contributed by atoms with Crippen LogP contribution in [0.25, 0.3) is 0 Å². The summed E-state index contributed by atoms with van der Waals surface area (Å²) in [5.41, 5.74) is 6.68. The number of halogens is 2. The molecule has 1 aliphatic heterocycles. The van der Waals surface area contributed by atoms with Gasteiger partial charge in [0.05, 0.1) is 16.6 Å². The van der Waals surface area contributed by atoms with Gasteiger partial charge in [-0.15, -0.1) is 12.4 Å². The van der Waals surface area contributed by atoms with Crippen molar-refractivity contribution in [2.24, 2.45) is 11.7 Å². The Labute approximate surface area is 169 Å². The Morgan fingerprint density at radius 3 is 2.59 bits per heavy atom. The van der Waals surface area contributed by atoms with Crippen LogP contribution in [0.5, 0.6) is 5.75 Å². The van der Waals surface area contributed by atoms with Gasteiger partial charge in [-0.3, -0.25) is 9.59 Å². The summed E-state index contributed by atoms with van der Waals surface area (Å²) in [7, 11) is 0. The Hall–Kier alpha value is -2.28. The molecular formula is C19H21Cl2N3O3. The molecule has 1 fully saturated rings. The van der Waals surface area contributed by atoms with Gasteiger partial charge in [0.25, 0.3) is 0 Å². The van der Waals surface area contributed by atoms with Crippen LogP contribution in [-0.2, 0) is 9.59 Å². The first-order chi connectivity index (χ1) is 12.6. The van der Waals surface area contributed by atoms with E-state index in [0.29, 0.717) is 41.8 Å². The maximum atomic E-state index is 12.5. The van der Waals surface area contributed by atoms with Gasteiger partial charge >= 0.3 is 0 Å². The lowest BCUT2D eigenvalue weighted by atomic mass is 10.1. The first kappa shape index (κ1) is 21.0. The number of para-hydroxylation sites is 1. The van der Waals surface area contributed by atoms with Crippen LogP contribution in [-0.4, -0.2) is 31.5 Å². The van der Waals surface area contributed by atoms with Gasteiger partial charge in [-0.1, -0.05) is 23.7 Å². The number of nitrogens with two attached hydrogens (primary N) is 1. The predicted octanol–water partition coefficient (Wildman–Crippen LogP) is 3.09. The highest BCUT2D eigenvalue weighted by molar-refractivity contribution is 6.33. The zero-order chi connectivity index (χ0) is 18.5. The number of carbonyl (C=O) groups excluding carboxylic acids is 2. The lowest BCUT2D eigenvalue weighted by Crippen LogP contribution is -2.28. The van der Waals surface area contributed by atoms with Crippen LogP contribution < -0.4 is 20.7 Å². The third kappa shape index (κ3) is 5.13. The zero-order valence-electron chi connectivity index (χ0n) is 14.6. The predicted molar refractivity (Wildman–Crippen MR) is 109 cm³/mol. The second-order valence-electron chi connectivity index (χ2n) is 6.01. The SMILES string of the molecule is Cl.NCCOc1ccc(NC(=O)C2CC(=O)N(c3ccccc3Cl)C2)cc1. The van der Waals surface area contributed by atoms with Crippen molar-refractivity contribution in [1.82, 2.24) is 0 Å². The van der Waals surface area contributed by atoms with Crippen molar-refractivity contribution in [3.05, 3.63) is 53.6 Å². The second kappa shape index (κ2) is 9.60. The molecule has 144 valence electrons. The van der Waals surface area contributed by atoms with Crippen LogP contribution in [0.3, 0.4) is 0 Å². The molecule has 27 heavy (non-hydrogen) atoms. The molecule has 1 unspecified atom stereocenters. The molecule has 2 aromatic rings. The van der Waals surface area contributed by atoms with Crippen LogP contribution in [0.15, 0.2) is 48.5 Å². The van der Waals surface area contributed by atoms with Crippen molar-refractivity contribution < 1.29 is 14.3 Å². The molecule has 2 aromatic carbocycles. The van der Waals surface area contributed by atoms with Gasteiger partial charge in [-0.05, 0) is 36.4 Å². The largest absolute Gasteiger partial charge is 0.492 e. The molecule has 0 aromatic heterocycles. The minimum absolute atomic E-state index is 0. The lowest BCUT2D eigenvalue weighted by Gasteiger charge is -2.18. The summed E-state index contributed by atoms with van der Waals surface area (Å²) >= 11 is 6.16. The van der Waals surface area contributed by atoms with Crippen LogP contribution in [0.1, 0.15) is 6.42 Å². The van der Waals surface area contributed by atoms with Crippen molar-refractivity contribution in [2.75, 3.05) is 29.9 Å². The molecule has 0 saturated carbocycles. The Morgan fingerprint density at radius 1 is 1.22 bits per heavy atom. The highest BCUT2D eigenvalue weighted by Gasteiger charge is 2.35. The third-order valence-corrected chi connectivity index (χ3v) is 4.47. The highest BCUT2D eigenvalue weighted by atomic mass is 35.5.